The maximum absolute atomic E-state index is 12.8. The monoisotopic (exact) mass is 474 g/mol. The van der Waals surface area contributed by atoms with E-state index in [0.717, 1.165) is 4.47 Å². The lowest BCUT2D eigenvalue weighted by Crippen LogP contribution is -2.49. The van der Waals surface area contributed by atoms with Crippen LogP contribution in [0.25, 0.3) is 0 Å². The van der Waals surface area contributed by atoms with E-state index in [1.165, 1.54) is 9.91 Å². The first-order valence-electron chi connectivity index (χ1n) is 8.96. The van der Waals surface area contributed by atoms with Gasteiger partial charge in [0.05, 0.1) is 6.42 Å². The second-order valence-corrected chi connectivity index (χ2v) is 7.60. The Balaban J connectivity index is 1.76. The summed E-state index contributed by atoms with van der Waals surface area (Å²) in [4.78, 5) is 39.2. The third-order valence-electron chi connectivity index (χ3n) is 4.38. The maximum Gasteiger partial charge on any atom is 0.269 e. The van der Waals surface area contributed by atoms with E-state index in [0.29, 0.717) is 17.8 Å². The van der Waals surface area contributed by atoms with E-state index < -0.39 is 11.9 Å². The van der Waals surface area contributed by atoms with Gasteiger partial charge in [0.1, 0.15) is 6.04 Å². The molecule has 7 nitrogen and oxygen atoms in total. The number of hydrazine groups is 1. The minimum atomic E-state index is -0.912. The molecule has 3 rings (SSSR count). The average Bonchev–Trinajstić information content (AvgIpc) is 2.92. The van der Waals surface area contributed by atoms with Gasteiger partial charge in [0, 0.05) is 22.3 Å². The molecule has 2 aromatic rings. The Morgan fingerprint density at radius 1 is 1.10 bits per heavy atom. The van der Waals surface area contributed by atoms with Crippen LogP contribution in [0.3, 0.4) is 0 Å². The number of para-hydroxylation sites is 1. The fraction of sp³-hybridized carbons (Fsp3) is 0.200. The number of hydrogen-bond donors (Lipinski definition) is 2. The van der Waals surface area contributed by atoms with Crippen molar-refractivity contribution in [2.45, 2.75) is 19.4 Å². The lowest BCUT2D eigenvalue weighted by Gasteiger charge is -2.24. The van der Waals surface area contributed by atoms with Crippen LogP contribution in [-0.4, -0.2) is 45.3 Å². The van der Waals surface area contributed by atoms with Crippen LogP contribution < -0.4 is 10.7 Å². The summed E-state index contributed by atoms with van der Waals surface area (Å²) in [5.74, 6) is -1.09. The van der Waals surface area contributed by atoms with Gasteiger partial charge in [-0.1, -0.05) is 34.1 Å². The van der Waals surface area contributed by atoms with Gasteiger partial charge in [0.15, 0.2) is 5.11 Å². The minimum Gasteiger partial charge on any atom is -0.326 e. The predicted octanol–water partition coefficient (Wildman–Crippen LogP) is 2.94. The Kier molecular flexibility index (Phi) is 6.60. The quantitative estimate of drug-likeness (QED) is 0.628. The number of rotatable bonds is 6. The molecule has 1 heterocycles. The summed E-state index contributed by atoms with van der Waals surface area (Å²) in [6.45, 7) is 2.13. The molecule has 2 aromatic carbocycles. The summed E-state index contributed by atoms with van der Waals surface area (Å²) in [5.41, 5.74) is 3.71. The fourth-order valence-corrected chi connectivity index (χ4v) is 3.58. The van der Waals surface area contributed by atoms with Crippen molar-refractivity contribution >= 4 is 56.7 Å². The number of likely N-dealkylation sites (N-methyl/N-ethyl adjacent to an activating group) is 1. The van der Waals surface area contributed by atoms with Crippen LogP contribution in [0.4, 0.5) is 5.69 Å². The molecule has 0 aromatic heterocycles. The lowest BCUT2D eigenvalue weighted by molar-refractivity contribution is -0.130. The number of thiocarbonyl (C=S) groups is 1. The second kappa shape index (κ2) is 9.15. The van der Waals surface area contributed by atoms with Crippen LogP contribution in [0.1, 0.15) is 23.7 Å². The van der Waals surface area contributed by atoms with Crippen molar-refractivity contribution < 1.29 is 14.4 Å². The van der Waals surface area contributed by atoms with Crippen molar-refractivity contribution in [1.29, 1.82) is 0 Å². The molecule has 2 N–H and O–H groups in total. The molecule has 0 saturated carbocycles. The van der Waals surface area contributed by atoms with Gasteiger partial charge < -0.3 is 5.32 Å². The number of benzene rings is 2. The van der Waals surface area contributed by atoms with Gasteiger partial charge in [0.2, 0.25) is 5.91 Å². The molecule has 3 amide bonds. The topological polar surface area (TPSA) is 81.8 Å². The molecule has 1 unspecified atom stereocenters. The molecular formula is C20H19BrN4O3S. The number of nitrogens with zero attached hydrogens (tertiary/aromatic N) is 2. The molecule has 1 atom stereocenters. The number of nitrogens with one attached hydrogen (secondary N) is 2. The van der Waals surface area contributed by atoms with Crippen molar-refractivity contribution in [2.75, 3.05) is 11.9 Å². The Labute approximate surface area is 182 Å². The Bertz CT molecular complexity index is 937. The van der Waals surface area contributed by atoms with E-state index in [1.54, 1.807) is 55.5 Å². The van der Waals surface area contributed by atoms with Crippen molar-refractivity contribution in [3.8, 4) is 0 Å². The van der Waals surface area contributed by atoms with Crippen LogP contribution in [0.5, 0.6) is 0 Å². The number of anilines is 1. The molecular weight excluding hydrogens is 456 g/mol. The molecule has 0 aliphatic carbocycles. The van der Waals surface area contributed by atoms with Crippen molar-refractivity contribution in [3.63, 3.8) is 0 Å². The molecule has 9 heteroatoms. The van der Waals surface area contributed by atoms with Crippen LogP contribution in [0.2, 0.25) is 0 Å². The third-order valence-corrected chi connectivity index (χ3v) is 5.33. The van der Waals surface area contributed by atoms with Gasteiger partial charge in [-0.05, 0) is 55.5 Å². The number of amides is 3. The summed E-state index contributed by atoms with van der Waals surface area (Å²) in [6.07, 6.45) is -0.148. The van der Waals surface area contributed by atoms with E-state index in [9.17, 15) is 14.4 Å². The first-order chi connectivity index (χ1) is 13.9. The zero-order valence-electron chi connectivity index (χ0n) is 15.6. The molecule has 0 radical (unpaired) electrons. The highest BCUT2D eigenvalue weighted by Crippen LogP contribution is 2.20. The summed E-state index contributed by atoms with van der Waals surface area (Å²) in [7, 11) is 0. The van der Waals surface area contributed by atoms with Gasteiger partial charge in [-0.2, -0.15) is 0 Å². The smallest absolute Gasteiger partial charge is 0.269 e. The number of halogens is 1. The SMILES string of the molecule is CCN1C(=O)C(CC(=O)Nc2ccccc2)N(NC(=O)c2ccc(Br)cc2)C1=S. The zero-order chi connectivity index (χ0) is 21.0. The molecule has 0 bridgehead atoms. The highest BCUT2D eigenvalue weighted by Gasteiger charge is 2.43. The van der Waals surface area contributed by atoms with E-state index in [-0.39, 0.29) is 23.3 Å². The summed E-state index contributed by atoms with van der Waals surface area (Å²) < 4.78 is 0.841. The molecule has 0 spiro atoms. The van der Waals surface area contributed by atoms with E-state index in [2.05, 4.69) is 26.7 Å². The lowest BCUT2D eigenvalue weighted by atomic mass is 10.2. The first kappa shape index (κ1) is 20.9. The maximum atomic E-state index is 12.8. The predicted molar refractivity (Wildman–Crippen MR) is 117 cm³/mol. The highest BCUT2D eigenvalue weighted by molar-refractivity contribution is 9.10. The van der Waals surface area contributed by atoms with Crippen molar-refractivity contribution in [2.24, 2.45) is 0 Å². The van der Waals surface area contributed by atoms with Crippen LogP contribution >= 0.6 is 28.1 Å². The van der Waals surface area contributed by atoms with Crippen molar-refractivity contribution in [3.05, 3.63) is 64.6 Å². The highest BCUT2D eigenvalue weighted by atomic mass is 79.9. The molecule has 29 heavy (non-hydrogen) atoms. The van der Waals surface area contributed by atoms with E-state index in [4.69, 9.17) is 12.2 Å². The number of hydrogen-bond acceptors (Lipinski definition) is 4. The third kappa shape index (κ3) is 4.80. The molecule has 1 fully saturated rings. The van der Waals surface area contributed by atoms with Crippen molar-refractivity contribution in [1.82, 2.24) is 15.3 Å². The molecule has 1 aliphatic heterocycles. The van der Waals surface area contributed by atoms with Crippen LogP contribution in [0.15, 0.2) is 59.1 Å². The van der Waals surface area contributed by atoms with E-state index in [1.807, 2.05) is 6.07 Å². The van der Waals surface area contributed by atoms with Gasteiger partial charge >= 0.3 is 0 Å². The summed E-state index contributed by atoms with van der Waals surface area (Å²) in [5, 5.41) is 4.22. The van der Waals surface area contributed by atoms with Gasteiger partial charge in [-0.15, -0.1) is 0 Å². The average molecular weight is 475 g/mol. The van der Waals surface area contributed by atoms with Gasteiger partial charge in [-0.3, -0.25) is 24.7 Å². The standard InChI is InChI=1S/C20H19BrN4O3S/c1-2-24-19(28)16(12-17(26)22-15-6-4-3-5-7-15)25(20(24)29)23-18(27)13-8-10-14(21)11-9-13/h3-11,16H,2,12H2,1H3,(H,22,26)(H,23,27). The van der Waals surface area contributed by atoms with E-state index >= 15 is 0 Å². The Hall–Kier alpha value is -2.78. The largest absolute Gasteiger partial charge is 0.326 e. The van der Waals surface area contributed by atoms with Gasteiger partial charge in [0.25, 0.3) is 11.8 Å². The summed E-state index contributed by atoms with van der Waals surface area (Å²) in [6, 6.07) is 14.8. The first-order valence-corrected chi connectivity index (χ1v) is 10.2. The molecule has 1 saturated heterocycles. The number of carbonyl (C=O) groups is 3. The molecule has 150 valence electrons. The Morgan fingerprint density at radius 3 is 2.38 bits per heavy atom. The zero-order valence-corrected chi connectivity index (χ0v) is 18.0. The number of carbonyl (C=O) groups excluding carboxylic acids is 3. The normalized spacial score (nSPS) is 16.1. The van der Waals surface area contributed by atoms with Gasteiger partial charge in [-0.25, -0.2) is 5.01 Å². The van der Waals surface area contributed by atoms with Crippen LogP contribution in [0, 0.1) is 0 Å². The minimum absolute atomic E-state index is 0.148. The second-order valence-electron chi connectivity index (χ2n) is 6.32. The molecule has 1 aliphatic rings. The van der Waals surface area contributed by atoms with Crippen LogP contribution in [-0.2, 0) is 9.59 Å². The Morgan fingerprint density at radius 2 is 1.76 bits per heavy atom. The fourth-order valence-electron chi connectivity index (χ4n) is 2.93. The summed E-state index contributed by atoms with van der Waals surface area (Å²) >= 11 is 8.69.